The van der Waals surface area contributed by atoms with Crippen LogP contribution in [0.4, 0.5) is 4.79 Å². The molecule has 3 rings (SSSR count). The fraction of sp³-hybridized carbons (Fsp3) is 0.395. The van der Waals surface area contributed by atoms with E-state index < -0.39 is 66.2 Å². The van der Waals surface area contributed by atoms with Crippen LogP contribution in [0.2, 0.25) is 0 Å². The molecule has 0 unspecified atom stereocenters. The zero-order valence-electron chi connectivity index (χ0n) is 30.0. The monoisotopic (exact) mass is 720 g/mol. The van der Waals surface area contributed by atoms with Crippen LogP contribution in [0.25, 0.3) is 0 Å². The molecule has 0 saturated heterocycles. The van der Waals surface area contributed by atoms with Gasteiger partial charge in [-0.1, -0.05) is 72.8 Å². The third-order valence-corrected chi connectivity index (χ3v) is 7.33. The van der Waals surface area contributed by atoms with E-state index in [2.05, 4.69) is 26.0 Å². The molecular formula is C38H48N4O10. The van der Waals surface area contributed by atoms with Crippen LogP contribution in [0.3, 0.4) is 0 Å². The Bertz CT molecular complexity index is 1600. The molecule has 14 nitrogen and oxygen atoms in total. The zero-order valence-corrected chi connectivity index (χ0v) is 30.0. The van der Waals surface area contributed by atoms with Gasteiger partial charge in [-0.05, 0) is 56.5 Å². The van der Waals surface area contributed by atoms with E-state index in [-0.39, 0.29) is 19.6 Å². The van der Waals surface area contributed by atoms with E-state index in [1.165, 1.54) is 6.92 Å². The smallest absolute Gasteiger partial charge is 0.408 e. The lowest BCUT2D eigenvalue weighted by Gasteiger charge is -2.25. The van der Waals surface area contributed by atoms with Gasteiger partial charge in [-0.15, -0.1) is 0 Å². The van der Waals surface area contributed by atoms with Gasteiger partial charge in [-0.25, -0.2) is 9.59 Å². The summed E-state index contributed by atoms with van der Waals surface area (Å²) in [6.45, 7) is 6.00. The Morgan fingerprint density at radius 1 is 0.731 bits per heavy atom. The van der Waals surface area contributed by atoms with Crippen molar-refractivity contribution >= 4 is 29.8 Å². The summed E-state index contributed by atoms with van der Waals surface area (Å²) in [5.41, 5.74) is 1.63. The van der Waals surface area contributed by atoms with Crippen LogP contribution in [-0.2, 0) is 53.0 Å². The van der Waals surface area contributed by atoms with Crippen molar-refractivity contribution in [3.8, 4) is 5.75 Å². The second-order valence-corrected chi connectivity index (χ2v) is 12.9. The first-order valence-electron chi connectivity index (χ1n) is 16.7. The summed E-state index contributed by atoms with van der Waals surface area (Å²) in [6.07, 6.45) is -2.14. The highest BCUT2D eigenvalue weighted by molar-refractivity contribution is 5.93. The number of ether oxygens (including phenoxy) is 4. The van der Waals surface area contributed by atoms with Crippen molar-refractivity contribution in [2.45, 2.75) is 77.2 Å². The van der Waals surface area contributed by atoms with E-state index in [1.54, 1.807) is 45.0 Å². The normalized spacial score (nSPS) is 13.3. The standard InChI is InChI=1S/C38H48N4O10/c1-25(43)33(36(47)49-5)42-32(44)21-39-34(45)30(20-26-16-18-29(19-17-26)51-23-28-14-10-7-11-15-28)40-35(46)31(41-37(48)52-38(2,3)4)24-50-22-27-12-8-6-9-13-27/h6-19,25,30-31,33,43H,20-24H2,1-5H3,(H,39,45)(H,40,46)(H,41,48)(H,42,44)/t25-,30-,31-,33+/m0/s1. The highest BCUT2D eigenvalue weighted by Crippen LogP contribution is 2.16. The van der Waals surface area contributed by atoms with Crippen molar-refractivity contribution in [3.05, 3.63) is 102 Å². The van der Waals surface area contributed by atoms with Gasteiger partial charge in [0.1, 0.15) is 30.0 Å². The first kappa shape index (κ1) is 41.0. The predicted molar refractivity (Wildman–Crippen MR) is 191 cm³/mol. The van der Waals surface area contributed by atoms with Crippen molar-refractivity contribution in [1.29, 1.82) is 0 Å². The zero-order chi connectivity index (χ0) is 38.1. The number of amides is 4. The Morgan fingerprint density at radius 3 is 1.88 bits per heavy atom. The van der Waals surface area contributed by atoms with Gasteiger partial charge in [0.25, 0.3) is 0 Å². The molecule has 280 valence electrons. The lowest BCUT2D eigenvalue weighted by atomic mass is 10.0. The maximum atomic E-state index is 13.7. The average molecular weight is 721 g/mol. The molecular weight excluding hydrogens is 672 g/mol. The van der Waals surface area contributed by atoms with Crippen LogP contribution in [0.5, 0.6) is 5.75 Å². The molecule has 3 aromatic rings. The van der Waals surface area contributed by atoms with Gasteiger partial charge in [0.15, 0.2) is 6.04 Å². The van der Waals surface area contributed by atoms with Crippen molar-refractivity contribution in [1.82, 2.24) is 21.3 Å². The molecule has 0 spiro atoms. The summed E-state index contributed by atoms with van der Waals surface area (Å²) in [4.78, 5) is 64.6. The molecule has 0 aromatic heterocycles. The molecule has 14 heteroatoms. The number of carbonyl (C=O) groups is 5. The molecule has 0 radical (unpaired) electrons. The summed E-state index contributed by atoms with van der Waals surface area (Å²) in [6, 6.07) is 21.9. The number of nitrogens with one attached hydrogen (secondary N) is 4. The molecule has 0 bridgehead atoms. The minimum absolute atomic E-state index is 0.0132. The second kappa shape index (κ2) is 20.4. The first-order chi connectivity index (χ1) is 24.7. The number of esters is 1. The fourth-order valence-electron chi connectivity index (χ4n) is 4.70. The van der Waals surface area contributed by atoms with Crippen molar-refractivity contribution in [3.63, 3.8) is 0 Å². The molecule has 0 aliphatic rings. The van der Waals surface area contributed by atoms with E-state index in [0.717, 1.165) is 18.2 Å². The minimum atomic E-state index is -1.36. The first-order valence-corrected chi connectivity index (χ1v) is 16.7. The molecule has 0 heterocycles. The van der Waals surface area contributed by atoms with E-state index >= 15 is 0 Å². The van der Waals surface area contributed by atoms with Crippen LogP contribution >= 0.6 is 0 Å². The van der Waals surface area contributed by atoms with Crippen LogP contribution in [-0.4, -0.2) is 85.0 Å². The summed E-state index contributed by atoms with van der Waals surface area (Å²) in [5, 5.41) is 19.9. The largest absolute Gasteiger partial charge is 0.489 e. The van der Waals surface area contributed by atoms with Gasteiger partial charge < -0.3 is 45.3 Å². The highest BCUT2D eigenvalue weighted by atomic mass is 16.6. The van der Waals surface area contributed by atoms with Crippen molar-refractivity contribution in [2.75, 3.05) is 20.3 Å². The fourth-order valence-corrected chi connectivity index (χ4v) is 4.70. The summed E-state index contributed by atoms with van der Waals surface area (Å²) >= 11 is 0. The molecule has 5 N–H and O–H groups in total. The van der Waals surface area contributed by atoms with Crippen LogP contribution in [0.15, 0.2) is 84.9 Å². The molecule has 0 aliphatic carbocycles. The number of carbonyl (C=O) groups excluding carboxylic acids is 5. The Balaban J connectivity index is 1.77. The van der Waals surface area contributed by atoms with Crippen LogP contribution in [0, 0.1) is 0 Å². The third kappa shape index (κ3) is 14.8. The Kier molecular flexibility index (Phi) is 16.1. The van der Waals surface area contributed by atoms with Gasteiger partial charge in [0.2, 0.25) is 17.7 Å². The number of rotatable bonds is 18. The molecule has 3 aromatic carbocycles. The van der Waals surface area contributed by atoms with Gasteiger partial charge >= 0.3 is 12.1 Å². The maximum Gasteiger partial charge on any atom is 0.408 e. The average Bonchev–Trinajstić information content (AvgIpc) is 3.11. The third-order valence-electron chi connectivity index (χ3n) is 7.33. The van der Waals surface area contributed by atoms with E-state index in [9.17, 15) is 29.1 Å². The Hall–Kier alpha value is -5.47. The van der Waals surface area contributed by atoms with Crippen molar-refractivity contribution < 1.29 is 48.0 Å². The number of aliphatic hydroxyl groups excluding tert-OH is 1. The SMILES string of the molecule is COC(=O)[C@H](NC(=O)CNC(=O)[C@H](Cc1ccc(OCc2ccccc2)cc1)NC(=O)[C@H](COCc1ccccc1)NC(=O)OC(C)(C)C)[C@H](C)O. The lowest BCUT2D eigenvalue weighted by Crippen LogP contribution is -2.57. The minimum Gasteiger partial charge on any atom is -0.489 e. The molecule has 4 atom stereocenters. The van der Waals surface area contributed by atoms with Crippen LogP contribution < -0.4 is 26.0 Å². The van der Waals surface area contributed by atoms with Gasteiger partial charge in [0, 0.05) is 6.42 Å². The van der Waals surface area contributed by atoms with E-state index in [1.807, 2.05) is 60.7 Å². The summed E-state index contributed by atoms with van der Waals surface area (Å²) in [5.74, 6) is -2.54. The molecule has 52 heavy (non-hydrogen) atoms. The predicted octanol–water partition coefficient (Wildman–Crippen LogP) is 2.56. The Morgan fingerprint density at radius 2 is 1.33 bits per heavy atom. The summed E-state index contributed by atoms with van der Waals surface area (Å²) in [7, 11) is 1.11. The lowest BCUT2D eigenvalue weighted by molar-refractivity contribution is -0.148. The molecule has 0 aliphatic heterocycles. The number of aliphatic hydroxyl groups is 1. The van der Waals surface area contributed by atoms with Gasteiger partial charge in [-0.3, -0.25) is 14.4 Å². The molecule has 0 saturated carbocycles. The van der Waals surface area contributed by atoms with Gasteiger partial charge in [-0.2, -0.15) is 0 Å². The number of benzene rings is 3. The molecule has 4 amide bonds. The number of methoxy groups -OCH3 is 1. The van der Waals surface area contributed by atoms with Crippen molar-refractivity contribution in [2.24, 2.45) is 0 Å². The molecule has 0 fully saturated rings. The number of alkyl carbamates (subject to hydrolysis) is 1. The number of hydrogen-bond donors (Lipinski definition) is 5. The maximum absolute atomic E-state index is 13.7. The Labute approximate surface area is 303 Å². The highest BCUT2D eigenvalue weighted by Gasteiger charge is 2.30. The van der Waals surface area contributed by atoms with E-state index in [4.69, 9.17) is 14.2 Å². The summed E-state index contributed by atoms with van der Waals surface area (Å²) < 4.78 is 21.6. The number of hydrogen-bond acceptors (Lipinski definition) is 10. The quantitative estimate of drug-likeness (QED) is 0.122. The van der Waals surface area contributed by atoms with Gasteiger partial charge in [0.05, 0.1) is 33.0 Å². The topological polar surface area (TPSA) is 191 Å². The second-order valence-electron chi connectivity index (χ2n) is 12.9. The van der Waals surface area contributed by atoms with E-state index in [0.29, 0.717) is 17.9 Å². The van der Waals surface area contributed by atoms with Crippen LogP contribution in [0.1, 0.15) is 44.4 Å².